The van der Waals surface area contributed by atoms with Crippen LogP contribution in [-0.2, 0) is 22.4 Å². The van der Waals surface area contributed by atoms with Crippen molar-refractivity contribution in [3.63, 3.8) is 0 Å². The van der Waals surface area contributed by atoms with Crippen LogP contribution in [0.1, 0.15) is 60.8 Å². The van der Waals surface area contributed by atoms with Gasteiger partial charge in [-0.3, -0.25) is 14.4 Å². The van der Waals surface area contributed by atoms with Crippen LogP contribution in [0.3, 0.4) is 0 Å². The van der Waals surface area contributed by atoms with Gasteiger partial charge >= 0.3 is 5.97 Å². The molecule has 1 fully saturated rings. The molecule has 1 aromatic rings. The number of carbonyl (C=O) groups excluding carboxylic acids is 2. The highest BCUT2D eigenvalue weighted by atomic mass is 32.1. The van der Waals surface area contributed by atoms with Gasteiger partial charge in [-0.2, -0.15) is 0 Å². The van der Waals surface area contributed by atoms with E-state index in [9.17, 15) is 19.5 Å². The lowest BCUT2D eigenvalue weighted by molar-refractivity contribution is -0.151. The third-order valence-electron chi connectivity index (χ3n) is 7.31. The molecule has 7 heteroatoms. The standard InChI is InChI=1S/C23H30N2O4S/c1-23(2,3)13-8-9-14-15(10-13)30-21(18(14)19(24)26)25-20(27)16-11-4-6-12(7-5-11)17(16)22(28)29/h4,6,11-13,16-17H,5,7-10H2,1-3H3,(H2,24,26)(H,25,27)(H,28,29)/t11-,12-,13+,16-,17+/m0/s1. The van der Waals surface area contributed by atoms with Crippen molar-refractivity contribution in [2.45, 2.75) is 52.9 Å². The minimum atomic E-state index is -0.928. The maximum absolute atomic E-state index is 13.2. The summed E-state index contributed by atoms with van der Waals surface area (Å²) in [5.41, 5.74) is 7.25. The minimum absolute atomic E-state index is 0.0759. The van der Waals surface area contributed by atoms with Crippen LogP contribution in [0.15, 0.2) is 12.2 Å². The van der Waals surface area contributed by atoms with Gasteiger partial charge in [-0.05, 0) is 60.8 Å². The van der Waals surface area contributed by atoms with Gasteiger partial charge in [0.2, 0.25) is 5.91 Å². The second kappa shape index (κ2) is 7.52. The van der Waals surface area contributed by atoms with Gasteiger partial charge in [-0.1, -0.05) is 32.9 Å². The molecule has 5 rings (SSSR count). The number of fused-ring (bicyclic) bond motifs is 3. The van der Waals surface area contributed by atoms with Crippen molar-refractivity contribution in [1.29, 1.82) is 0 Å². The Kier molecular flexibility index (Phi) is 5.29. The lowest BCUT2D eigenvalue weighted by Crippen LogP contribution is -2.47. The Morgan fingerprint density at radius 1 is 1.10 bits per heavy atom. The van der Waals surface area contributed by atoms with Crippen LogP contribution in [0, 0.1) is 35.0 Å². The average Bonchev–Trinajstić information content (AvgIpc) is 3.04. The molecule has 0 radical (unpaired) electrons. The van der Waals surface area contributed by atoms with Gasteiger partial charge in [-0.15, -0.1) is 11.3 Å². The molecular weight excluding hydrogens is 400 g/mol. The van der Waals surface area contributed by atoms with E-state index in [1.807, 2.05) is 12.2 Å². The lowest BCUT2D eigenvalue weighted by Gasteiger charge is -2.41. The molecule has 1 aromatic heterocycles. The van der Waals surface area contributed by atoms with Crippen LogP contribution in [-0.4, -0.2) is 22.9 Å². The van der Waals surface area contributed by atoms with Gasteiger partial charge < -0.3 is 16.2 Å². The fourth-order valence-corrected chi connectivity index (χ4v) is 6.89. The van der Waals surface area contributed by atoms with E-state index in [1.165, 1.54) is 11.3 Å². The van der Waals surface area contributed by atoms with E-state index in [4.69, 9.17) is 5.73 Å². The van der Waals surface area contributed by atoms with E-state index in [-0.39, 0.29) is 23.2 Å². The number of amides is 2. The van der Waals surface area contributed by atoms with Gasteiger partial charge in [0, 0.05) is 4.88 Å². The summed E-state index contributed by atoms with van der Waals surface area (Å²) in [5, 5.41) is 13.2. The average molecular weight is 431 g/mol. The number of carbonyl (C=O) groups is 3. The zero-order valence-corrected chi connectivity index (χ0v) is 18.6. The summed E-state index contributed by atoms with van der Waals surface area (Å²) in [7, 11) is 0. The van der Waals surface area contributed by atoms with Gasteiger partial charge in [0.05, 0.1) is 17.4 Å². The molecule has 2 bridgehead atoms. The summed E-state index contributed by atoms with van der Waals surface area (Å²) in [5.74, 6) is -2.78. The second-order valence-electron chi connectivity index (χ2n) is 10.0. The molecule has 4 aliphatic carbocycles. The summed E-state index contributed by atoms with van der Waals surface area (Å²) in [4.78, 5) is 38.5. The molecule has 5 atom stereocenters. The number of carboxylic acid groups (broad SMARTS) is 1. The largest absolute Gasteiger partial charge is 0.481 e. The zero-order valence-electron chi connectivity index (χ0n) is 17.7. The molecule has 6 nitrogen and oxygen atoms in total. The lowest BCUT2D eigenvalue weighted by atomic mass is 9.62. The molecule has 4 N–H and O–H groups in total. The topological polar surface area (TPSA) is 109 Å². The molecular formula is C23H30N2O4S. The van der Waals surface area contributed by atoms with Gasteiger partial charge in [0.1, 0.15) is 5.00 Å². The fourth-order valence-electron chi connectivity index (χ4n) is 5.56. The van der Waals surface area contributed by atoms with E-state index < -0.39 is 23.7 Å². The first-order valence-corrected chi connectivity index (χ1v) is 11.6. The number of aliphatic carboxylic acids is 1. The van der Waals surface area contributed by atoms with Crippen molar-refractivity contribution >= 4 is 34.1 Å². The molecule has 1 heterocycles. The number of thiophene rings is 1. The van der Waals surface area contributed by atoms with Gasteiger partial charge in [0.25, 0.3) is 5.91 Å². The first-order valence-electron chi connectivity index (χ1n) is 10.7. The Morgan fingerprint density at radius 3 is 2.27 bits per heavy atom. The Bertz CT molecular complexity index is 926. The molecule has 30 heavy (non-hydrogen) atoms. The summed E-state index contributed by atoms with van der Waals surface area (Å²) in [6.45, 7) is 6.68. The van der Waals surface area contributed by atoms with Crippen molar-refractivity contribution in [3.05, 3.63) is 28.2 Å². The Morgan fingerprint density at radius 2 is 1.73 bits per heavy atom. The first kappa shape index (κ1) is 21.1. The van der Waals surface area contributed by atoms with Crippen molar-refractivity contribution in [2.24, 2.45) is 40.7 Å². The number of nitrogens with one attached hydrogen (secondary N) is 1. The van der Waals surface area contributed by atoms with Crippen LogP contribution in [0.4, 0.5) is 5.00 Å². The van der Waals surface area contributed by atoms with Crippen molar-refractivity contribution in [3.8, 4) is 0 Å². The molecule has 2 amide bonds. The minimum Gasteiger partial charge on any atom is -0.481 e. The summed E-state index contributed by atoms with van der Waals surface area (Å²) in [6.07, 6.45) is 8.18. The zero-order chi connectivity index (χ0) is 21.8. The quantitative estimate of drug-likeness (QED) is 0.630. The fraction of sp³-hybridized carbons (Fsp3) is 0.609. The van der Waals surface area contributed by atoms with Crippen LogP contribution < -0.4 is 11.1 Å². The number of rotatable bonds is 4. The highest BCUT2D eigenvalue weighted by Crippen LogP contribution is 2.47. The smallest absolute Gasteiger partial charge is 0.307 e. The van der Waals surface area contributed by atoms with E-state index in [2.05, 4.69) is 26.1 Å². The Balaban J connectivity index is 1.63. The number of carboxylic acids is 1. The molecule has 0 saturated heterocycles. The SMILES string of the molecule is CC(C)(C)[C@@H]1CCc2c(sc(NC(=O)[C@@H]3[C@H](C(=O)O)[C@H]4C=C[C@H]3CC4)c2C(N)=O)C1. The number of primary amides is 1. The normalized spacial score (nSPS) is 30.0. The second-order valence-corrected chi connectivity index (χ2v) is 11.2. The number of nitrogens with two attached hydrogens (primary N) is 1. The number of hydrogen-bond acceptors (Lipinski definition) is 4. The van der Waals surface area contributed by atoms with Crippen molar-refractivity contribution < 1.29 is 19.5 Å². The summed E-state index contributed by atoms with van der Waals surface area (Å²) >= 11 is 1.43. The highest BCUT2D eigenvalue weighted by molar-refractivity contribution is 7.17. The van der Waals surface area contributed by atoms with Crippen molar-refractivity contribution in [1.82, 2.24) is 0 Å². The van der Waals surface area contributed by atoms with Crippen LogP contribution in [0.2, 0.25) is 0 Å². The van der Waals surface area contributed by atoms with Crippen LogP contribution in [0.25, 0.3) is 0 Å². The van der Waals surface area contributed by atoms with Gasteiger partial charge in [0.15, 0.2) is 0 Å². The molecule has 0 aliphatic heterocycles. The maximum atomic E-state index is 13.2. The monoisotopic (exact) mass is 430 g/mol. The van der Waals surface area contributed by atoms with E-state index in [0.717, 1.165) is 42.5 Å². The molecule has 4 aliphatic rings. The van der Waals surface area contributed by atoms with Gasteiger partial charge in [-0.25, -0.2) is 0 Å². The van der Waals surface area contributed by atoms with E-state index in [1.54, 1.807) is 0 Å². The molecule has 0 unspecified atom stereocenters. The van der Waals surface area contributed by atoms with E-state index >= 15 is 0 Å². The molecule has 162 valence electrons. The Labute approximate surface area is 180 Å². The summed E-state index contributed by atoms with van der Waals surface area (Å²) < 4.78 is 0. The number of allylic oxidation sites excluding steroid dienone is 2. The van der Waals surface area contributed by atoms with Crippen molar-refractivity contribution in [2.75, 3.05) is 5.32 Å². The predicted octanol–water partition coefficient (Wildman–Crippen LogP) is 3.85. The van der Waals surface area contributed by atoms with Crippen LogP contribution >= 0.6 is 11.3 Å². The first-order chi connectivity index (χ1) is 14.1. The molecule has 0 spiro atoms. The summed E-state index contributed by atoms with van der Waals surface area (Å²) in [6, 6.07) is 0. The third kappa shape index (κ3) is 3.57. The maximum Gasteiger partial charge on any atom is 0.307 e. The van der Waals surface area contributed by atoms with Crippen LogP contribution in [0.5, 0.6) is 0 Å². The predicted molar refractivity (Wildman–Crippen MR) is 116 cm³/mol. The molecule has 1 saturated carbocycles. The van der Waals surface area contributed by atoms with E-state index in [0.29, 0.717) is 16.5 Å². The molecule has 0 aromatic carbocycles. The number of anilines is 1. The Hall–Kier alpha value is -2.15. The third-order valence-corrected chi connectivity index (χ3v) is 8.48. The number of hydrogen-bond donors (Lipinski definition) is 3. The highest BCUT2D eigenvalue weighted by Gasteiger charge is 2.48.